The van der Waals surface area contributed by atoms with Crippen LogP contribution < -0.4 is 5.73 Å². The van der Waals surface area contributed by atoms with E-state index in [0.717, 1.165) is 26.3 Å². The summed E-state index contributed by atoms with van der Waals surface area (Å²) in [5.74, 6) is 0.395. The standard InChI is InChI=1S/C12H9Br3N2S/c13-5-3-7(14)10(8(15)4-5)6-1-2-9-11(6)18-12(16)17-9/h3-4,6H,1-2H2,(H2,16,17). The lowest BCUT2D eigenvalue weighted by Crippen LogP contribution is -1.97. The number of anilines is 1. The van der Waals surface area contributed by atoms with E-state index in [9.17, 15) is 0 Å². The molecule has 1 aromatic carbocycles. The number of aryl methyl sites for hydroxylation is 1. The fraction of sp³-hybridized carbons (Fsp3) is 0.250. The fourth-order valence-corrected chi connectivity index (χ4v) is 6.24. The highest BCUT2D eigenvalue weighted by Crippen LogP contribution is 2.47. The Labute approximate surface area is 134 Å². The molecule has 0 saturated carbocycles. The third-order valence-electron chi connectivity index (χ3n) is 3.12. The molecular formula is C12H9Br3N2S. The van der Waals surface area contributed by atoms with Gasteiger partial charge in [-0.15, -0.1) is 11.3 Å². The van der Waals surface area contributed by atoms with Crippen molar-refractivity contribution in [1.82, 2.24) is 4.98 Å². The summed E-state index contributed by atoms with van der Waals surface area (Å²) in [5, 5.41) is 0.675. The summed E-state index contributed by atoms with van der Waals surface area (Å²) in [6.45, 7) is 0. The maximum atomic E-state index is 5.81. The Hall–Kier alpha value is 0.0900. The van der Waals surface area contributed by atoms with E-state index in [2.05, 4.69) is 64.9 Å². The zero-order valence-corrected chi connectivity index (χ0v) is 14.8. The molecule has 1 atom stereocenters. The van der Waals surface area contributed by atoms with Crippen LogP contribution >= 0.6 is 59.1 Å². The molecule has 0 spiro atoms. The van der Waals surface area contributed by atoms with Gasteiger partial charge < -0.3 is 5.73 Å². The monoisotopic (exact) mass is 450 g/mol. The molecule has 0 bridgehead atoms. The van der Waals surface area contributed by atoms with E-state index in [4.69, 9.17) is 5.73 Å². The summed E-state index contributed by atoms with van der Waals surface area (Å²) in [7, 11) is 0. The van der Waals surface area contributed by atoms with Crippen molar-refractivity contribution in [3.63, 3.8) is 0 Å². The number of thiazole rings is 1. The summed E-state index contributed by atoms with van der Waals surface area (Å²) < 4.78 is 3.30. The van der Waals surface area contributed by atoms with Crippen LogP contribution in [0.15, 0.2) is 25.6 Å². The number of nitrogens with two attached hydrogens (primary N) is 1. The second kappa shape index (κ2) is 4.89. The van der Waals surface area contributed by atoms with Gasteiger partial charge in [-0.2, -0.15) is 0 Å². The van der Waals surface area contributed by atoms with Gasteiger partial charge in [0, 0.05) is 24.2 Å². The molecule has 2 aromatic rings. The average molecular weight is 453 g/mol. The van der Waals surface area contributed by atoms with Crippen molar-refractivity contribution >= 4 is 64.3 Å². The van der Waals surface area contributed by atoms with Crippen LogP contribution in [0.2, 0.25) is 0 Å². The quantitative estimate of drug-likeness (QED) is 0.654. The first-order chi connectivity index (χ1) is 8.56. The Morgan fingerprint density at radius 3 is 2.56 bits per heavy atom. The number of nitrogen functional groups attached to an aromatic ring is 1. The van der Waals surface area contributed by atoms with Crippen molar-refractivity contribution in [3.8, 4) is 0 Å². The van der Waals surface area contributed by atoms with Crippen LogP contribution in [-0.4, -0.2) is 4.98 Å². The first kappa shape index (κ1) is 13.1. The Balaban J connectivity index is 2.12. The molecule has 2 nitrogen and oxygen atoms in total. The second-order valence-corrected chi connectivity index (χ2v) is 7.92. The largest absolute Gasteiger partial charge is 0.375 e. The lowest BCUT2D eigenvalue weighted by atomic mass is 9.98. The summed E-state index contributed by atoms with van der Waals surface area (Å²) in [6, 6.07) is 4.17. The molecular weight excluding hydrogens is 444 g/mol. The Bertz CT molecular complexity index is 601. The molecule has 18 heavy (non-hydrogen) atoms. The number of nitrogens with zero attached hydrogens (tertiary/aromatic N) is 1. The third kappa shape index (κ3) is 2.17. The third-order valence-corrected chi connectivity index (χ3v) is 5.93. The maximum Gasteiger partial charge on any atom is 0.180 e. The van der Waals surface area contributed by atoms with Gasteiger partial charge in [-0.05, 0) is 30.5 Å². The van der Waals surface area contributed by atoms with Crippen molar-refractivity contribution in [3.05, 3.63) is 41.7 Å². The SMILES string of the molecule is Nc1nc2c(s1)C(c1c(Br)cc(Br)cc1Br)CC2. The van der Waals surface area contributed by atoms with E-state index in [1.165, 1.54) is 16.1 Å². The van der Waals surface area contributed by atoms with Gasteiger partial charge in [0.1, 0.15) is 0 Å². The number of rotatable bonds is 1. The molecule has 0 aliphatic heterocycles. The lowest BCUT2D eigenvalue weighted by molar-refractivity contribution is 0.783. The number of hydrogen-bond donors (Lipinski definition) is 1. The number of benzene rings is 1. The van der Waals surface area contributed by atoms with Crippen molar-refractivity contribution in [2.75, 3.05) is 5.73 Å². The number of hydrogen-bond acceptors (Lipinski definition) is 3. The number of aromatic nitrogens is 1. The van der Waals surface area contributed by atoms with Gasteiger partial charge in [0.2, 0.25) is 0 Å². The van der Waals surface area contributed by atoms with Gasteiger partial charge in [-0.3, -0.25) is 0 Å². The van der Waals surface area contributed by atoms with Crippen molar-refractivity contribution in [1.29, 1.82) is 0 Å². The summed E-state index contributed by atoms with van der Waals surface area (Å²) in [6.07, 6.45) is 2.12. The lowest BCUT2D eigenvalue weighted by Gasteiger charge is -2.15. The molecule has 2 N–H and O–H groups in total. The first-order valence-electron chi connectivity index (χ1n) is 5.45. The first-order valence-corrected chi connectivity index (χ1v) is 8.65. The van der Waals surface area contributed by atoms with Crippen molar-refractivity contribution in [2.24, 2.45) is 0 Å². The molecule has 1 aromatic heterocycles. The predicted octanol–water partition coefficient (Wildman–Crippen LogP) is 5.09. The molecule has 1 unspecified atom stereocenters. The molecule has 0 radical (unpaired) electrons. The highest BCUT2D eigenvalue weighted by atomic mass is 79.9. The molecule has 1 heterocycles. The number of halogens is 3. The molecule has 1 aliphatic carbocycles. The fourth-order valence-electron chi connectivity index (χ4n) is 2.41. The average Bonchev–Trinajstić information content (AvgIpc) is 2.77. The Morgan fingerprint density at radius 2 is 1.89 bits per heavy atom. The van der Waals surface area contributed by atoms with Crippen LogP contribution in [0.5, 0.6) is 0 Å². The minimum absolute atomic E-state index is 0.395. The Morgan fingerprint density at radius 1 is 1.22 bits per heavy atom. The van der Waals surface area contributed by atoms with Gasteiger partial charge in [0.15, 0.2) is 5.13 Å². The van der Waals surface area contributed by atoms with E-state index < -0.39 is 0 Å². The highest BCUT2D eigenvalue weighted by molar-refractivity contribution is 9.11. The van der Waals surface area contributed by atoms with E-state index in [0.29, 0.717) is 11.0 Å². The van der Waals surface area contributed by atoms with E-state index in [1.54, 1.807) is 11.3 Å². The van der Waals surface area contributed by atoms with Crippen LogP contribution in [-0.2, 0) is 6.42 Å². The molecule has 0 saturated heterocycles. The second-order valence-electron chi connectivity index (χ2n) is 4.24. The smallest absolute Gasteiger partial charge is 0.180 e. The van der Waals surface area contributed by atoms with Gasteiger partial charge in [-0.1, -0.05) is 47.8 Å². The topological polar surface area (TPSA) is 38.9 Å². The van der Waals surface area contributed by atoms with Crippen molar-refractivity contribution in [2.45, 2.75) is 18.8 Å². The number of fused-ring (bicyclic) bond motifs is 1. The zero-order valence-electron chi connectivity index (χ0n) is 9.21. The molecule has 1 aliphatic rings. The van der Waals surface area contributed by atoms with E-state index in [1.807, 2.05) is 0 Å². The normalized spacial score (nSPS) is 18.1. The molecule has 94 valence electrons. The summed E-state index contributed by atoms with van der Waals surface area (Å²) in [5.41, 5.74) is 8.27. The minimum Gasteiger partial charge on any atom is -0.375 e. The van der Waals surface area contributed by atoms with E-state index in [-0.39, 0.29) is 0 Å². The molecule has 0 fully saturated rings. The van der Waals surface area contributed by atoms with Crippen LogP contribution in [0.1, 0.15) is 28.5 Å². The van der Waals surface area contributed by atoms with E-state index >= 15 is 0 Å². The predicted molar refractivity (Wildman–Crippen MR) is 86.2 cm³/mol. The van der Waals surface area contributed by atoms with Gasteiger partial charge in [-0.25, -0.2) is 4.98 Å². The highest BCUT2D eigenvalue weighted by Gasteiger charge is 2.30. The minimum atomic E-state index is 0.395. The summed E-state index contributed by atoms with van der Waals surface area (Å²) in [4.78, 5) is 5.72. The van der Waals surface area contributed by atoms with Crippen LogP contribution in [0.25, 0.3) is 0 Å². The molecule has 0 amide bonds. The zero-order chi connectivity index (χ0) is 12.9. The molecule has 3 rings (SSSR count). The Kier molecular flexibility index (Phi) is 3.55. The molecule has 6 heteroatoms. The van der Waals surface area contributed by atoms with Crippen molar-refractivity contribution < 1.29 is 0 Å². The van der Waals surface area contributed by atoms with Gasteiger partial charge in [0.05, 0.1) is 5.69 Å². The van der Waals surface area contributed by atoms with Crippen LogP contribution in [0.3, 0.4) is 0 Å². The van der Waals surface area contributed by atoms with Gasteiger partial charge in [0.25, 0.3) is 0 Å². The van der Waals surface area contributed by atoms with Gasteiger partial charge >= 0.3 is 0 Å². The van der Waals surface area contributed by atoms with Crippen LogP contribution in [0, 0.1) is 0 Å². The summed E-state index contributed by atoms with van der Waals surface area (Å²) >= 11 is 12.4. The maximum absolute atomic E-state index is 5.81. The van der Waals surface area contributed by atoms with Crippen LogP contribution in [0.4, 0.5) is 5.13 Å².